The Labute approximate surface area is 394 Å². The van der Waals surface area contributed by atoms with E-state index in [2.05, 4.69) is 5.32 Å². The third-order valence-corrected chi connectivity index (χ3v) is 11.0. The Morgan fingerprint density at radius 1 is 0.522 bits per heavy atom. The maximum atomic E-state index is 14.1. The van der Waals surface area contributed by atoms with Gasteiger partial charge in [0.05, 0.1) is 29.4 Å². The van der Waals surface area contributed by atoms with Crippen molar-refractivity contribution in [3.8, 4) is 0 Å². The number of nitrogens with one attached hydrogen (secondary N) is 1. The summed E-state index contributed by atoms with van der Waals surface area (Å²) in [5, 5.41) is 35.0. The van der Waals surface area contributed by atoms with E-state index in [-0.39, 0.29) is 16.7 Å². The molecule has 1 amide bonds. The van der Waals surface area contributed by atoms with Gasteiger partial charge in [0.1, 0.15) is 37.1 Å². The molecule has 0 saturated carbocycles. The lowest BCUT2D eigenvalue weighted by Gasteiger charge is -2.50. The lowest BCUT2D eigenvalue weighted by atomic mass is 9.94. The second-order valence-corrected chi connectivity index (χ2v) is 16.1. The molecule has 0 radical (unpaired) electrons. The molecule has 3 aromatic rings. The molecule has 372 valence electrons. The number of ether oxygens (including phenoxy) is 11. The number of amides is 1. The zero-order chi connectivity index (χ0) is 49.9. The smallest absolute Gasteiger partial charge is 0.338 e. The molecule has 3 aliphatic rings. The summed E-state index contributed by atoms with van der Waals surface area (Å²) in [5.41, 5.74) is 0.132. The third kappa shape index (κ3) is 13.2. The minimum atomic E-state index is -2.01. The molecule has 6 rings (SSSR count). The topological polar surface area (TPSA) is 294 Å². The van der Waals surface area contributed by atoms with E-state index in [4.69, 9.17) is 52.1 Å². The SMILES string of the molecule is CC(=O)NC1C(O)OC(CO)C(O)C1OC1OC(COC(C)=O)C(OC(C)=O)C(OC(C)=O)C1OC1OC(C)C(OC(=O)c2ccccc2)C(OC(=O)c2ccccc2)C1OC(=O)c1ccccc1. The van der Waals surface area contributed by atoms with E-state index in [9.17, 15) is 48.9 Å². The van der Waals surface area contributed by atoms with Gasteiger partial charge in [-0.3, -0.25) is 19.2 Å². The highest BCUT2D eigenvalue weighted by Gasteiger charge is 2.59. The standard InChI is InChI=1S/C47H53NO21/c1-23-35(65-42(55)28-15-9-6-10-16-28)38(66-43(56)29-17-11-7-12-18-29)40(67-44(57)30-19-13-8-14-20-30)46(60-23)69-41-39(62-27(5)53)36(61-26(4)52)32(22-59-25(3)51)64-47(41)68-37-33(48-24(2)50)45(58)63-31(21-49)34(37)54/h6-20,23,31-41,45-47,49,54,58H,21-22H2,1-5H3,(H,48,50). The van der Waals surface area contributed by atoms with Crippen molar-refractivity contribution in [2.75, 3.05) is 13.2 Å². The average Bonchev–Trinajstić information content (AvgIpc) is 3.32. The first-order valence-electron chi connectivity index (χ1n) is 21.7. The number of hydrogen-bond donors (Lipinski definition) is 4. The predicted octanol–water partition coefficient (Wildman–Crippen LogP) is 0.905. The molecule has 3 heterocycles. The molecule has 3 aromatic carbocycles. The van der Waals surface area contributed by atoms with Gasteiger partial charge in [-0.05, 0) is 43.3 Å². The molecule has 0 spiro atoms. The summed E-state index contributed by atoms with van der Waals surface area (Å²) in [7, 11) is 0. The number of aliphatic hydroxyl groups is 3. The average molecular weight is 968 g/mol. The quantitative estimate of drug-likeness (QED) is 0.115. The van der Waals surface area contributed by atoms with Gasteiger partial charge < -0.3 is 72.7 Å². The summed E-state index contributed by atoms with van der Waals surface area (Å²) in [5.74, 6) is -6.35. The molecule has 15 unspecified atom stereocenters. The van der Waals surface area contributed by atoms with Crippen molar-refractivity contribution in [3.63, 3.8) is 0 Å². The Hall–Kier alpha value is -6.37. The van der Waals surface area contributed by atoms with Crippen LogP contribution in [0.1, 0.15) is 65.7 Å². The highest BCUT2D eigenvalue weighted by Crippen LogP contribution is 2.37. The number of benzene rings is 3. The van der Waals surface area contributed by atoms with Crippen molar-refractivity contribution >= 4 is 41.7 Å². The third-order valence-electron chi connectivity index (χ3n) is 11.0. The van der Waals surface area contributed by atoms with E-state index < -0.39 is 147 Å². The van der Waals surface area contributed by atoms with Crippen molar-refractivity contribution in [1.29, 1.82) is 0 Å². The van der Waals surface area contributed by atoms with Crippen molar-refractivity contribution < 1.29 is 101 Å². The predicted molar refractivity (Wildman–Crippen MR) is 229 cm³/mol. The molecular weight excluding hydrogens is 915 g/mol. The van der Waals surface area contributed by atoms with E-state index in [1.165, 1.54) is 43.3 Å². The number of esters is 6. The summed E-state index contributed by atoms with van der Waals surface area (Å²) in [6.45, 7) is 4.08. The highest BCUT2D eigenvalue weighted by atomic mass is 16.8. The summed E-state index contributed by atoms with van der Waals surface area (Å²) < 4.78 is 65.8. The van der Waals surface area contributed by atoms with E-state index in [0.717, 1.165) is 27.7 Å². The van der Waals surface area contributed by atoms with Crippen LogP contribution in [0.5, 0.6) is 0 Å². The van der Waals surface area contributed by atoms with Crippen LogP contribution in [0.25, 0.3) is 0 Å². The molecule has 69 heavy (non-hydrogen) atoms. The van der Waals surface area contributed by atoms with Crippen LogP contribution >= 0.6 is 0 Å². The van der Waals surface area contributed by atoms with Gasteiger partial charge in [-0.15, -0.1) is 0 Å². The van der Waals surface area contributed by atoms with Crippen LogP contribution < -0.4 is 5.32 Å². The Morgan fingerprint density at radius 2 is 0.971 bits per heavy atom. The van der Waals surface area contributed by atoms with Gasteiger partial charge in [0.25, 0.3) is 0 Å². The van der Waals surface area contributed by atoms with E-state index in [1.54, 1.807) is 54.6 Å². The van der Waals surface area contributed by atoms with E-state index in [1.807, 2.05) is 0 Å². The van der Waals surface area contributed by atoms with Crippen LogP contribution in [0.3, 0.4) is 0 Å². The lowest BCUT2D eigenvalue weighted by Crippen LogP contribution is -2.69. The fourth-order valence-corrected chi connectivity index (χ4v) is 7.87. The zero-order valence-electron chi connectivity index (χ0n) is 37.9. The van der Waals surface area contributed by atoms with Gasteiger partial charge in [-0.25, -0.2) is 14.4 Å². The fraction of sp³-hybridized carbons (Fsp3) is 0.468. The van der Waals surface area contributed by atoms with Gasteiger partial charge in [-0.1, -0.05) is 54.6 Å². The van der Waals surface area contributed by atoms with Crippen LogP contribution in [-0.2, 0) is 71.3 Å². The molecule has 0 aromatic heterocycles. The van der Waals surface area contributed by atoms with E-state index >= 15 is 0 Å². The molecule has 4 N–H and O–H groups in total. The molecule has 3 saturated heterocycles. The number of hydrogen-bond acceptors (Lipinski definition) is 21. The van der Waals surface area contributed by atoms with Gasteiger partial charge in [0.2, 0.25) is 5.91 Å². The number of carbonyl (C=O) groups is 7. The van der Waals surface area contributed by atoms with Crippen molar-refractivity contribution in [1.82, 2.24) is 5.32 Å². The maximum absolute atomic E-state index is 14.1. The Kier molecular flexibility index (Phi) is 17.9. The van der Waals surface area contributed by atoms with Crippen molar-refractivity contribution in [2.45, 2.75) is 127 Å². The molecule has 3 aliphatic heterocycles. The van der Waals surface area contributed by atoms with Crippen LogP contribution in [-0.4, -0.2) is 162 Å². The molecule has 15 atom stereocenters. The molecule has 0 bridgehead atoms. The van der Waals surface area contributed by atoms with Gasteiger partial charge in [0.15, 0.2) is 55.5 Å². The highest BCUT2D eigenvalue weighted by molar-refractivity contribution is 5.91. The normalized spacial score (nSPS) is 30.9. The number of carbonyl (C=O) groups excluding carboxylic acids is 7. The minimum Gasteiger partial charge on any atom is -0.463 e. The molecule has 22 heteroatoms. The molecule has 0 aliphatic carbocycles. The first-order valence-corrected chi connectivity index (χ1v) is 21.7. The lowest BCUT2D eigenvalue weighted by molar-refractivity contribution is -0.379. The first-order chi connectivity index (χ1) is 32.9. The number of rotatable bonds is 16. The van der Waals surface area contributed by atoms with Crippen LogP contribution in [0.15, 0.2) is 91.0 Å². The monoisotopic (exact) mass is 967 g/mol. The minimum absolute atomic E-state index is 0.00131. The summed E-state index contributed by atoms with van der Waals surface area (Å²) in [6.07, 6.45) is -24.6. The van der Waals surface area contributed by atoms with Crippen LogP contribution in [0.2, 0.25) is 0 Å². The Bertz CT molecular complexity index is 2250. The fourth-order valence-electron chi connectivity index (χ4n) is 7.87. The summed E-state index contributed by atoms with van der Waals surface area (Å²) in [6, 6.07) is 21.4. The molecule has 3 fully saturated rings. The second-order valence-electron chi connectivity index (χ2n) is 16.1. The van der Waals surface area contributed by atoms with Crippen molar-refractivity contribution in [3.05, 3.63) is 108 Å². The Balaban J connectivity index is 1.50. The summed E-state index contributed by atoms with van der Waals surface area (Å²) in [4.78, 5) is 92.2. The first kappa shape index (κ1) is 52.0. The van der Waals surface area contributed by atoms with E-state index in [0.29, 0.717) is 0 Å². The second kappa shape index (κ2) is 23.8. The zero-order valence-corrected chi connectivity index (χ0v) is 37.9. The maximum Gasteiger partial charge on any atom is 0.338 e. The number of aliphatic hydroxyl groups excluding tert-OH is 3. The van der Waals surface area contributed by atoms with Gasteiger partial charge in [-0.2, -0.15) is 0 Å². The van der Waals surface area contributed by atoms with Crippen molar-refractivity contribution in [2.24, 2.45) is 0 Å². The van der Waals surface area contributed by atoms with Crippen LogP contribution in [0, 0.1) is 0 Å². The summed E-state index contributed by atoms with van der Waals surface area (Å²) >= 11 is 0. The van der Waals surface area contributed by atoms with Gasteiger partial charge >= 0.3 is 35.8 Å². The van der Waals surface area contributed by atoms with Gasteiger partial charge in [0, 0.05) is 27.7 Å². The Morgan fingerprint density at radius 3 is 1.45 bits per heavy atom. The van der Waals surface area contributed by atoms with Crippen LogP contribution in [0.4, 0.5) is 0 Å². The molecular formula is C47H53NO21. The molecule has 22 nitrogen and oxygen atoms in total. The largest absolute Gasteiger partial charge is 0.463 e.